The normalized spacial score (nSPS) is 10.5. The van der Waals surface area contributed by atoms with Crippen LogP contribution in [-0.4, -0.2) is 27.6 Å². The maximum Gasteiger partial charge on any atom is 0.360 e. The van der Waals surface area contributed by atoms with Gasteiger partial charge in [-0.05, 0) is 24.0 Å². The van der Waals surface area contributed by atoms with Crippen LogP contribution in [0.4, 0.5) is 0 Å². The summed E-state index contributed by atoms with van der Waals surface area (Å²) in [5.41, 5.74) is 2.58. The molecule has 1 aromatic heterocycles. The molecular formula is C19H19N3O2. The molecule has 0 radical (unpaired) electrons. The van der Waals surface area contributed by atoms with Crippen molar-refractivity contribution in [1.29, 1.82) is 0 Å². The summed E-state index contributed by atoms with van der Waals surface area (Å²) < 4.78 is 6.89. The van der Waals surface area contributed by atoms with Gasteiger partial charge in [-0.3, -0.25) is 0 Å². The first-order valence-corrected chi connectivity index (χ1v) is 7.96. The molecule has 3 aromatic rings. The van der Waals surface area contributed by atoms with E-state index in [0.717, 1.165) is 18.4 Å². The van der Waals surface area contributed by atoms with Crippen LogP contribution in [0.25, 0.3) is 0 Å². The van der Waals surface area contributed by atoms with Crippen molar-refractivity contribution in [2.75, 3.05) is 6.61 Å². The molecule has 0 aliphatic heterocycles. The summed E-state index contributed by atoms with van der Waals surface area (Å²) in [6.45, 7) is 0.953. The van der Waals surface area contributed by atoms with Crippen LogP contribution in [0.15, 0.2) is 66.9 Å². The summed E-state index contributed by atoms with van der Waals surface area (Å²) in [5.74, 6) is -0.428. The zero-order chi connectivity index (χ0) is 16.6. The van der Waals surface area contributed by atoms with Gasteiger partial charge < -0.3 is 4.74 Å². The Labute approximate surface area is 140 Å². The highest BCUT2D eigenvalue weighted by Crippen LogP contribution is 2.05. The Hall–Kier alpha value is -2.95. The van der Waals surface area contributed by atoms with Crippen molar-refractivity contribution in [3.63, 3.8) is 0 Å². The molecule has 0 N–H and O–H groups in total. The molecule has 122 valence electrons. The van der Waals surface area contributed by atoms with Crippen LogP contribution in [-0.2, 0) is 17.7 Å². The minimum absolute atomic E-state index is 0.241. The van der Waals surface area contributed by atoms with E-state index in [-0.39, 0.29) is 5.69 Å². The molecule has 5 nitrogen and oxygen atoms in total. The molecule has 0 amide bonds. The standard InChI is InChI=1S/C19H19N3O2/c23-19(24-13-7-12-16-8-3-1-4-9-16)18-15-22(21-20-18)14-17-10-5-2-6-11-17/h1-6,8-11,15H,7,12-14H2. The number of aromatic nitrogens is 3. The van der Waals surface area contributed by atoms with Gasteiger partial charge in [0.05, 0.1) is 19.3 Å². The Balaban J connectivity index is 1.45. The zero-order valence-electron chi connectivity index (χ0n) is 13.3. The number of esters is 1. The molecule has 0 aliphatic rings. The van der Waals surface area contributed by atoms with Gasteiger partial charge in [-0.2, -0.15) is 0 Å². The Bertz CT molecular complexity index is 770. The van der Waals surface area contributed by atoms with Crippen molar-refractivity contribution in [1.82, 2.24) is 15.0 Å². The lowest BCUT2D eigenvalue weighted by molar-refractivity contribution is 0.0493. The summed E-state index contributed by atoms with van der Waals surface area (Å²) in [6.07, 6.45) is 3.29. The highest BCUT2D eigenvalue weighted by atomic mass is 16.5. The van der Waals surface area contributed by atoms with Gasteiger partial charge in [-0.25, -0.2) is 9.48 Å². The third-order valence-corrected chi connectivity index (χ3v) is 3.62. The van der Waals surface area contributed by atoms with Crippen molar-refractivity contribution in [3.8, 4) is 0 Å². The molecule has 0 saturated heterocycles. The predicted octanol–water partition coefficient (Wildman–Crippen LogP) is 3.12. The average molecular weight is 321 g/mol. The molecule has 0 saturated carbocycles. The second-order valence-electron chi connectivity index (χ2n) is 5.51. The van der Waals surface area contributed by atoms with E-state index in [1.165, 1.54) is 5.56 Å². The third-order valence-electron chi connectivity index (χ3n) is 3.62. The summed E-state index contributed by atoms with van der Waals surface area (Å²) >= 11 is 0. The quantitative estimate of drug-likeness (QED) is 0.495. The van der Waals surface area contributed by atoms with Gasteiger partial charge >= 0.3 is 5.97 Å². The van der Waals surface area contributed by atoms with E-state index in [0.29, 0.717) is 13.2 Å². The maximum absolute atomic E-state index is 12.0. The molecule has 1 heterocycles. The van der Waals surface area contributed by atoms with E-state index in [9.17, 15) is 4.79 Å². The number of hydrogen-bond donors (Lipinski definition) is 0. The van der Waals surface area contributed by atoms with Crippen LogP contribution in [0, 0.1) is 0 Å². The third kappa shape index (κ3) is 4.52. The predicted molar refractivity (Wildman–Crippen MR) is 90.6 cm³/mol. The molecule has 0 fully saturated rings. The fourth-order valence-electron chi connectivity index (χ4n) is 2.40. The number of nitrogens with zero attached hydrogens (tertiary/aromatic N) is 3. The molecule has 0 atom stereocenters. The van der Waals surface area contributed by atoms with Gasteiger partial charge in [0, 0.05) is 0 Å². The molecule has 0 bridgehead atoms. The molecule has 24 heavy (non-hydrogen) atoms. The SMILES string of the molecule is O=C(OCCCc1ccccc1)c1cn(Cc2ccccc2)nn1. The van der Waals surface area contributed by atoms with Crippen molar-refractivity contribution < 1.29 is 9.53 Å². The smallest absolute Gasteiger partial charge is 0.360 e. The van der Waals surface area contributed by atoms with E-state index >= 15 is 0 Å². The van der Waals surface area contributed by atoms with Crippen LogP contribution in [0.1, 0.15) is 28.0 Å². The van der Waals surface area contributed by atoms with Gasteiger partial charge in [0.15, 0.2) is 5.69 Å². The van der Waals surface area contributed by atoms with E-state index in [4.69, 9.17) is 4.74 Å². The van der Waals surface area contributed by atoms with Crippen molar-refractivity contribution in [2.45, 2.75) is 19.4 Å². The summed E-state index contributed by atoms with van der Waals surface area (Å²) in [7, 11) is 0. The van der Waals surface area contributed by atoms with Crippen LogP contribution in [0.5, 0.6) is 0 Å². The Morgan fingerprint density at radius 2 is 1.62 bits per heavy atom. The van der Waals surface area contributed by atoms with E-state index in [1.54, 1.807) is 10.9 Å². The number of benzene rings is 2. The summed E-state index contributed by atoms with van der Waals surface area (Å²) in [4.78, 5) is 12.0. The van der Waals surface area contributed by atoms with Gasteiger partial charge in [-0.15, -0.1) is 5.10 Å². The number of hydrogen-bond acceptors (Lipinski definition) is 4. The topological polar surface area (TPSA) is 57.0 Å². The molecule has 0 spiro atoms. The van der Waals surface area contributed by atoms with Gasteiger partial charge in [0.1, 0.15) is 0 Å². The average Bonchev–Trinajstić information content (AvgIpc) is 3.09. The molecule has 3 rings (SSSR count). The monoisotopic (exact) mass is 321 g/mol. The number of ether oxygens (including phenoxy) is 1. The number of carbonyl (C=O) groups is 1. The largest absolute Gasteiger partial charge is 0.461 e. The molecule has 0 unspecified atom stereocenters. The first-order valence-electron chi connectivity index (χ1n) is 7.96. The van der Waals surface area contributed by atoms with Crippen molar-refractivity contribution >= 4 is 5.97 Å². The number of rotatable bonds is 7. The Kier molecular flexibility index (Phi) is 5.35. The van der Waals surface area contributed by atoms with Crippen LogP contribution >= 0.6 is 0 Å². The highest BCUT2D eigenvalue weighted by Gasteiger charge is 2.12. The van der Waals surface area contributed by atoms with Gasteiger partial charge in [0.25, 0.3) is 0 Å². The molecular weight excluding hydrogens is 302 g/mol. The van der Waals surface area contributed by atoms with Gasteiger partial charge in [-0.1, -0.05) is 65.9 Å². The zero-order valence-corrected chi connectivity index (χ0v) is 13.3. The van der Waals surface area contributed by atoms with E-state index in [1.807, 2.05) is 48.5 Å². The minimum Gasteiger partial charge on any atom is -0.461 e. The molecule has 0 aliphatic carbocycles. The van der Waals surface area contributed by atoms with Gasteiger partial charge in [0.2, 0.25) is 0 Å². The van der Waals surface area contributed by atoms with Crippen molar-refractivity contribution in [2.24, 2.45) is 0 Å². The van der Waals surface area contributed by atoms with Crippen molar-refractivity contribution in [3.05, 3.63) is 83.7 Å². The first kappa shape index (κ1) is 15.9. The lowest BCUT2D eigenvalue weighted by Gasteiger charge is -2.03. The first-order chi connectivity index (χ1) is 11.8. The van der Waals surface area contributed by atoms with Crippen LogP contribution in [0.2, 0.25) is 0 Å². The lowest BCUT2D eigenvalue weighted by atomic mass is 10.1. The second kappa shape index (κ2) is 8.06. The summed E-state index contributed by atoms with van der Waals surface area (Å²) in [5, 5.41) is 7.86. The van der Waals surface area contributed by atoms with E-state index in [2.05, 4.69) is 22.4 Å². The summed E-state index contributed by atoms with van der Waals surface area (Å²) in [6, 6.07) is 20.0. The second-order valence-corrected chi connectivity index (χ2v) is 5.51. The Morgan fingerprint density at radius 3 is 2.33 bits per heavy atom. The van der Waals surface area contributed by atoms with E-state index < -0.39 is 5.97 Å². The van der Waals surface area contributed by atoms with Crippen LogP contribution < -0.4 is 0 Å². The highest BCUT2D eigenvalue weighted by molar-refractivity contribution is 5.86. The van der Waals surface area contributed by atoms with Crippen LogP contribution in [0.3, 0.4) is 0 Å². The number of carbonyl (C=O) groups excluding carboxylic acids is 1. The molecule has 5 heteroatoms. The maximum atomic E-state index is 12.0. The fraction of sp³-hybridized carbons (Fsp3) is 0.211. The fourth-order valence-corrected chi connectivity index (χ4v) is 2.40. The lowest BCUT2D eigenvalue weighted by Crippen LogP contribution is -2.07. The minimum atomic E-state index is -0.428. The Morgan fingerprint density at radius 1 is 0.958 bits per heavy atom. The molecule has 2 aromatic carbocycles. The number of aryl methyl sites for hydroxylation is 1.